The molecule has 0 saturated carbocycles. The highest BCUT2D eigenvalue weighted by molar-refractivity contribution is 9.10. The van der Waals surface area contributed by atoms with E-state index in [0.717, 1.165) is 68.6 Å². The molecule has 1 unspecified atom stereocenters. The standard InChI is InChI=1S/C37H55BrN6O4Si2/c1-37(2,3)48-36(45)42-16-12-14-28(24-42)33-32(38)35(43(25-46-17-19-49(4,5)6)26-47-18-20-50(7,8)9)44-34(41-33)30(23-40-44)29-21-27-13-10-11-15-31(27)39-22-29/h10-11,13,15,21-23,28H,12,14,16-20,24-26H2,1-9H3. The van der Waals surface area contributed by atoms with Gasteiger partial charge in [0.2, 0.25) is 0 Å². The van der Waals surface area contributed by atoms with Crippen LogP contribution < -0.4 is 4.90 Å². The van der Waals surface area contributed by atoms with Gasteiger partial charge in [-0.15, -0.1) is 0 Å². The number of pyridine rings is 1. The second kappa shape index (κ2) is 15.8. The van der Waals surface area contributed by atoms with Crippen molar-refractivity contribution in [2.24, 2.45) is 0 Å². The molecule has 272 valence electrons. The Morgan fingerprint density at radius 2 is 1.66 bits per heavy atom. The molecule has 0 aliphatic carbocycles. The van der Waals surface area contributed by atoms with E-state index < -0.39 is 21.7 Å². The number of hydrogen-bond donors (Lipinski definition) is 0. The van der Waals surface area contributed by atoms with E-state index in [2.05, 4.69) is 72.2 Å². The van der Waals surface area contributed by atoms with Gasteiger partial charge in [-0.2, -0.15) is 9.61 Å². The summed E-state index contributed by atoms with van der Waals surface area (Å²) in [7, 11) is -2.57. The third kappa shape index (κ3) is 10.1. The zero-order valence-electron chi connectivity index (χ0n) is 31.4. The number of benzene rings is 1. The first kappa shape index (κ1) is 38.4. The molecular weight excluding hydrogens is 729 g/mol. The van der Waals surface area contributed by atoms with Crippen LogP contribution in [0.4, 0.5) is 10.6 Å². The maximum Gasteiger partial charge on any atom is 0.410 e. The van der Waals surface area contributed by atoms with Gasteiger partial charge in [0.15, 0.2) is 11.5 Å². The fraction of sp³-hybridized carbons (Fsp3) is 0.568. The quantitative estimate of drug-likeness (QED) is 0.0753. The first-order valence-electron chi connectivity index (χ1n) is 17.8. The summed E-state index contributed by atoms with van der Waals surface area (Å²) in [6.45, 7) is 23.1. The van der Waals surface area contributed by atoms with Crippen LogP contribution in [0.2, 0.25) is 51.4 Å². The largest absolute Gasteiger partial charge is 0.444 e. The van der Waals surface area contributed by atoms with Crippen LogP contribution in [-0.4, -0.2) is 92.1 Å². The predicted molar refractivity (Wildman–Crippen MR) is 212 cm³/mol. The average Bonchev–Trinajstić information content (AvgIpc) is 3.45. The minimum atomic E-state index is -1.29. The van der Waals surface area contributed by atoms with E-state index >= 15 is 0 Å². The summed E-state index contributed by atoms with van der Waals surface area (Å²) in [4.78, 5) is 27.2. The molecule has 0 bridgehead atoms. The normalized spacial score (nSPS) is 16.0. The third-order valence-electron chi connectivity index (χ3n) is 8.74. The van der Waals surface area contributed by atoms with Crippen LogP contribution in [0, 0.1) is 0 Å². The lowest BCUT2D eigenvalue weighted by molar-refractivity contribution is 0.0197. The van der Waals surface area contributed by atoms with Gasteiger partial charge in [0.25, 0.3) is 0 Å². The molecule has 4 heterocycles. The highest BCUT2D eigenvalue weighted by Crippen LogP contribution is 2.39. The Balaban J connectivity index is 1.59. The number of anilines is 1. The number of aromatic nitrogens is 4. The second-order valence-corrected chi connectivity index (χ2v) is 28.9. The van der Waals surface area contributed by atoms with Gasteiger partial charge in [0, 0.05) is 71.1 Å². The fourth-order valence-electron chi connectivity index (χ4n) is 5.90. The van der Waals surface area contributed by atoms with Crippen molar-refractivity contribution >= 4 is 60.5 Å². The van der Waals surface area contributed by atoms with Crippen LogP contribution in [-0.2, 0) is 14.2 Å². The van der Waals surface area contributed by atoms with Gasteiger partial charge in [-0.1, -0.05) is 57.5 Å². The number of carbonyl (C=O) groups excluding carboxylic acids is 1. The number of carbonyl (C=O) groups is 1. The van der Waals surface area contributed by atoms with Crippen molar-refractivity contribution in [3.63, 3.8) is 0 Å². The van der Waals surface area contributed by atoms with Crippen molar-refractivity contribution in [1.82, 2.24) is 24.5 Å². The molecule has 1 fully saturated rings. The van der Waals surface area contributed by atoms with Gasteiger partial charge in [-0.05, 0) is 73.8 Å². The minimum Gasteiger partial charge on any atom is -0.444 e. The first-order valence-corrected chi connectivity index (χ1v) is 26.0. The van der Waals surface area contributed by atoms with Crippen LogP contribution in [0.15, 0.2) is 47.2 Å². The molecule has 4 aromatic rings. The topological polar surface area (TPSA) is 94.3 Å². The number of piperidine rings is 1. The molecule has 13 heteroatoms. The summed E-state index contributed by atoms with van der Waals surface area (Å²) < 4.78 is 21.3. The molecule has 3 aromatic heterocycles. The number of ether oxygens (including phenoxy) is 3. The van der Waals surface area contributed by atoms with E-state index in [1.807, 2.05) is 60.8 Å². The van der Waals surface area contributed by atoms with Crippen molar-refractivity contribution < 1.29 is 19.0 Å². The summed E-state index contributed by atoms with van der Waals surface area (Å²) >= 11 is 4.01. The Labute approximate surface area is 308 Å². The number of rotatable bonds is 13. The van der Waals surface area contributed by atoms with E-state index in [0.29, 0.717) is 39.8 Å². The molecule has 1 aliphatic rings. The smallest absolute Gasteiger partial charge is 0.410 e. The van der Waals surface area contributed by atoms with Crippen molar-refractivity contribution in [3.8, 4) is 11.1 Å². The Kier molecular flexibility index (Phi) is 12.1. The first-order chi connectivity index (χ1) is 23.5. The van der Waals surface area contributed by atoms with E-state index in [9.17, 15) is 4.79 Å². The summed E-state index contributed by atoms with van der Waals surface area (Å²) in [5.41, 5.74) is 3.79. The van der Waals surface area contributed by atoms with Crippen molar-refractivity contribution in [2.75, 3.05) is 44.7 Å². The number of para-hydroxylation sites is 1. The molecule has 1 aromatic carbocycles. The number of halogens is 1. The van der Waals surface area contributed by atoms with Crippen LogP contribution in [0.5, 0.6) is 0 Å². The number of nitrogens with zero attached hydrogens (tertiary/aromatic N) is 6. The SMILES string of the molecule is CC(C)(C)OC(=O)N1CCCC(c2nc3c(-c4cnc5ccccc5c4)cnn3c(N(COCC[Si](C)(C)C)COCC[Si](C)(C)C)c2Br)C1. The van der Waals surface area contributed by atoms with Crippen LogP contribution in [0.1, 0.15) is 45.2 Å². The maximum absolute atomic E-state index is 13.2. The molecule has 0 N–H and O–H groups in total. The van der Waals surface area contributed by atoms with E-state index in [1.54, 1.807) is 0 Å². The summed E-state index contributed by atoms with van der Waals surface area (Å²) in [5, 5.41) is 5.99. The van der Waals surface area contributed by atoms with Gasteiger partial charge in [-0.25, -0.2) is 9.78 Å². The van der Waals surface area contributed by atoms with Crippen molar-refractivity contribution in [2.45, 2.75) is 96.5 Å². The second-order valence-electron chi connectivity index (χ2n) is 16.8. The molecule has 1 saturated heterocycles. The van der Waals surface area contributed by atoms with Gasteiger partial charge in [0.05, 0.1) is 21.9 Å². The lowest BCUT2D eigenvalue weighted by Gasteiger charge is -2.35. The van der Waals surface area contributed by atoms with Crippen LogP contribution in [0.3, 0.4) is 0 Å². The van der Waals surface area contributed by atoms with E-state index in [1.165, 1.54) is 0 Å². The summed E-state index contributed by atoms with van der Waals surface area (Å²) in [5.74, 6) is 0.801. The highest BCUT2D eigenvalue weighted by Gasteiger charge is 2.33. The Bertz CT molecular complexity index is 1760. The minimum absolute atomic E-state index is 0.0191. The molecule has 1 atom stereocenters. The Hall–Kier alpha value is -2.85. The molecule has 0 radical (unpaired) electrons. The number of amides is 1. The molecule has 50 heavy (non-hydrogen) atoms. The Morgan fingerprint density at radius 1 is 1.00 bits per heavy atom. The lowest BCUT2D eigenvalue weighted by Crippen LogP contribution is -2.42. The van der Waals surface area contributed by atoms with Crippen molar-refractivity contribution in [3.05, 3.63) is 52.9 Å². The van der Waals surface area contributed by atoms with Gasteiger partial charge in [-0.3, -0.25) is 4.98 Å². The summed E-state index contributed by atoms with van der Waals surface area (Å²) in [6.07, 6.45) is 5.21. The fourth-order valence-corrected chi connectivity index (χ4v) is 8.24. The van der Waals surface area contributed by atoms with Crippen LogP contribution in [0.25, 0.3) is 27.7 Å². The summed E-state index contributed by atoms with van der Waals surface area (Å²) in [6, 6.07) is 12.4. The third-order valence-corrected chi connectivity index (χ3v) is 12.9. The van der Waals surface area contributed by atoms with Gasteiger partial charge in [0.1, 0.15) is 19.1 Å². The van der Waals surface area contributed by atoms with E-state index in [-0.39, 0.29) is 12.0 Å². The molecule has 1 aliphatic heterocycles. The molecular formula is C37H55BrN6O4Si2. The Morgan fingerprint density at radius 3 is 2.30 bits per heavy atom. The van der Waals surface area contributed by atoms with E-state index in [4.69, 9.17) is 29.3 Å². The number of hydrogen-bond acceptors (Lipinski definition) is 8. The molecule has 1 amide bonds. The zero-order valence-corrected chi connectivity index (χ0v) is 35.0. The van der Waals surface area contributed by atoms with Crippen LogP contribution >= 0.6 is 15.9 Å². The maximum atomic E-state index is 13.2. The predicted octanol–water partition coefficient (Wildman–Crippen LogP) is 9.25. The van der Waals surface area contributed by atoms with Gasteiger partial charge >= 0.3 is 6.09 Å². The highest BCUT2D eigenvalue weighted by atomic mass is 79.9. The lowest BCUT2D eigenvalue weighted by atomic mass is 9.94. The molecule has 5 rings (SSSR count). The number of fused-ring (bicyclic) bond motifs is 2. The van der Waals surface area contributed by atoms with Crippen molar-refractivity contribution in [1.29, 1.82) is 0 Å². The van der Waals surface area contributed by atoms with Gasteiger partial charge < -0.3 is 24.0 Å². The zero-order chi connectivity index (χ0) is 36.3. The molecule has 0 spiro atoms. The monoisotopic (exact) mass is 782 g/mol. The number of likely N-dealkylation sites (tertiary alicyclic amines) is 1. The average molecular weight is 784 g/mol. The molecule has 10 nitrogen and oxygen atoms in total.